The maximum Gasteiger partial charge on any atom is 0.128 e. The number of H-pyrrole nitrogens is 1. The molecule has 2 rings (SSSR count). The van der Waals surface area contributed by atoms with Crippen LogP contribution in [-0.4, -0.2) is 22.0 Å². The van der Waals surface area contributed by atoms with Gasteiger partial charge >= 0.3 is 0 Å². The Hall–Kier alpha value is -1.27. The van der Waals surface area contributed by atoms with Gasteiger partial charge in [-0.3, -0.25) is 0 Å². The molecule has 1 atom stereocenters. The summed E-state index contributed by atoms with van der Waals surface area (Å²) < 4.78 is 14.6. The minimum Gasteiger partial charge on any atom is -0.305 e. The maximum absolute atomic E-state index is 13.8. The molecule has 1 aromatic carbocycles. The molecule has 0 bridgehead atoms. The van der Waals surface area contributed by atoms with Crippen molar-refractivity contribution in [2.45, 2.75) is 13.0 Å². The first-order valence-electron chi connectivity index (χ1n) is 5.26. The third-order valence-electron chi connectivity index (χ3n) is 2.41. The summed E-state index contributed by atoms with van der Waals surface area (Å²) in [5.74, 6) is -0.262. The minimum absolute atomic E-state index is 0.262. The van der Waals surface area contributed by atoms with Crippen LogP contribution in [-0.2, 0) is 0 Å². The fraction of sp³-hybridized carbons (Fsp3) is 0.273. The number of hydrogen-bond acceptors (Lipinski definition) is 3. The molecule has 4 nitrogen and oxygen atoms in total. The van der Waals surface area contributed by atoms with Crippen LogP contribution in [0.3, 0.4) is 0 Å². The van der Waals surface area contributed by atoms with Crippen LogP contribution in [0.15, 0.2) is 28.9 Å². The molecule has 0 saturated carbocycles. The van der Waals surface area contributed by atoms with E-state index >= 15 is 0 Å². The molecule has 1 unspecified atom stereocenters. The fourth-order valence-corrected chi connectivity index (χ4v) is 2.04. The van der Waals surface area contributed by atoms with Gasteiger partial charge in [-0.25, -0.2) is 4.39 Å². The summed E-state index contributed by atoms with van der Waals surface area (Å²) in [4.78, 5) is 0. The van der Waals surface area contributed by atoms with E-state index in [0.29, 0.717) is 17.8 Å². The Labute approximate surface area is 107 Å². The fourth-order valence-electron chi connectivity index (χ4n) is 1.66. The Morgan fingerprint density at radius 2 is 2.35 bits per heavy atom. The van der Waals surface area contributed by atoms with E-state index < -0.39 is 0 Å². The monoisotopic (exact) mass is 298 g/mol. The first kappa shape index (κ1) is 12.2. The number of aromatic amines is 1. The zero-order valence-corrected chi connectivity index (χ0v) is 10.8. The van der Waals surface area contributed by atoms with Crippen molar-refractivity contribution in [3.63, 3.8) is 0 Å². The van der Waals surface area contributed by atoms with Crippen molar-refractivity contribution in [1.29, 1.82) is 0 Å². The lowest BCUT2D eigenvalue weighted by atomic mass is 10.0. The SMILES string of the molecule is CCNC(c1cn[nH]n1)c1cc(Br)ccc1F. The van der Waals surface area contributed by atoms with Gasteiger partial charge in [-0.15, -0.1) is 0 Å². The number of nitrogens with zero attached hydrogens (tertiary/aromatic N) is 2. The molecule has 17 heavy (non-hydrogen) atoms. The van der Waals surface area contributed by atoms with Gasteiger partial charge in [0.15, 0.2) is 0 Å². The summed E-state index contributed by atoms with van der Waals surface area (Å²) in [7, 11) is 0. The van der Waals surface area contributed by atoms with Crippen LogP contribution in [0.4, 0.5) is 4.39 Å². The molecule has 6 heteroatoms. The number of hydrogen-bond donors (Lipinski definition) is 2. The molecule has 90 valence electrons. The van der Waals surface area contributed by atoms with E-state index in [1.165, 1.54) is 6.07 Å². The molecule has 2 N–H and O–H groups in total. The molecule has 0 saturated heterocycles. The molecule has 0 aliphatic carbocycles. The first-order chi connectivity index (χ1) is 8.22. The largest absolute Gasteiger partial charge is 0.305 e. The highest BCUT2D eigenvalue weighted by Crippen LogP contribution is 2.25. The highest BCUT2D eigenvalue weighted by Gasteiger charge is 2.19. The molecular formula is C11H12BrFN4. The smallest absolute Gasteiger partial charge is 0.128 e. The van der Waals surface area contributed by atoms with Crippen LogP contribution in [0.2, 0.25) is 0 Å². The molecule has 0 radical (unpaired) electrons. The first-order valence-corrected chi connectivity index (χ1v) is 6.05. The Morgan fingerprint density at radius 3 is 3.00 bits per heavy atom. The van der Waals surface area contributed by atoms with Gasteiger partial charge in [0.2, 0.25) is 0 Å². The van der Waals surface area contributed by atoms with Gasteiger partial charge < -0.3 is 5.32 Å². The van der Waals surface area contributed by atoms with Crippen LogP contribution >= 0.6 is 15.9 Å². The van der Waals surface area contributed by atoms with E-state index in [2.05, 4.69) is 36.7 Å². The average Bonchev–Trinajstić information content (AvgIpc) is 2.83. The summed E-state index contributed by atoms with van der Waals surface area (Å²) in [6, 6.07) is 4.56. The number of halogens is 2. The van der Waals surface area contributed by atoms with Crippen LogP contribution in [0.1, 0.15) is 24.2 Å². The van der Waals surface area contributed by atoms with E-state index in [0.717, 1.165) is 4.47 Å². The zero-order valence-electron chi connectivity index (χ0n) is 9.24. The van der Waals surface area contributed by atoms with Gasteiger partial charge in [-0.1, -0.05) is 22.9 Å². The van der Waals surface area contributed by atoms with Crippen molar-refractivity contribution in [2.75, 3.05) is 6.54 Å². The predicted molar refractivity (Wildman–Crippen MR) is 66.0 cm³/mol. The quantitative estimate of drug-likeness (QED) is 0.911. The lowest BCUT2D eigenvalue weighted by Crippen LogP contribution is -2.23. The highest BCUT2D eigenvalue weighted by atomic mass is 79.9. The molecule has 1 aromatic heterocycles. The van der Waals surface area contributed by atoms with E-state index in [-0.39, 0.29) is 11.9 Å². The molecule has 0 aliphatic heterocycles. The van der Waals surface area contributed by atoms with Crippen molar-refractivity contribution in [1.82, 2.24) is 20.7 Å². The number of aromatic nitrogens is 3. The Kier molecular flexibility index (Phi) is 3.86. The molecule has 1 heterocycles. The lowest BCUT2D eigenvalue weighted by molar-refractivity contribution is 0.551. The van der Waals surface area contributed by atoms with Crippen LogP contribution in [0.25, 0.3) is 0 Å². The van der Waals surface area contributed by atoms with Crippen molar-refractivity contribution >= 4 is 15.9 Å². The van der Waals surface area contributed by atoms with Crippen LogP contribution in [0.5, 0.6) is 0 Å². The van der Waals surface area contributed by atoms with Crippen LogP contribution in [0, 0.1) is 5.82 Å². The topological polar surface area (TPSA) is 53.6 Å². The van der Waals surface area contributed by atoms with Crippen molar-refractivity contribution < 1.29 is 4.39 Å². The summed E-state index contributed by atoms with van der Waals surface area (Å²) >= 11 is 3.34. The zero-order chi connectivity index (χ0) is 12.3. The van der Waals surface area contributed by atoms with E-state index in [1.54, 1.807) is 18.3 Å². The summed E-state index contributed by atoms with van der Waals surface area (Å²) in [6.07, 6.45) is 1.59. The lowest BCUT2D eigenvalue weighted by Gasteiger charge is -2.16. The number of nitrogens with one attached hydrogen (secondary N) is 2. The van der Waals surface area contributed by atoms with Crippen molar-refractivity contribution in [3.05, 3.63) is 45.9 Å². The van der Waals surface area contributed by atoms with Crippen LogP contribution < -0.4 is 5.32 Å². The molecule has 0 aliphatic rings. The number of benzene rings is 1. The maximum atomic E-state index is 13.8. The van der Waals surface area contributed by atoms with Crippen molar-refractivity contribution in [2.24, 2.45) is 0 Å². The molecular weight excluding hydrogens is 287 g/mol. The molecule has 0 spiro atoms. The van der Waals surface area contributed by atoms with Gasteiger partial charge in [0, 0.05) is 10.0 Å². The minimum atomic E-state index is -0.295. The van der Waals surface area contributed by atoms with Gasteiger partial charge in [-0.05, 0) is 24.7 Å². The summed E-state index contributed by atoms with van der Waals surface area (Å²) in [5, 5.41) is 13.5. The normalized spacial score (nSPS) is 12.6. The molecule has 0 fully saturated rings. The highest BCUT2D eigenvalue weighted by molar-refractivity contribution is 9.10. The van der Waals surface area contributed by atoms with E-state index in [9.17, 15) is 4.39 Å². The van der Waals surface area contributed by atoms with Gasteiger partial charge in [-0.2, -0.15) is 15.4 Å². The second-order valence-electron chi connectivity index (χ2n) is 3.55. The number of rotatable bonds is 4. The molecule has 2 aromatic rings. The second-order valence-corrected chi connectivity index (χ2v) is 4.47. The van der Waals surface area contributed by atoms with Gasteiger partial charge in [0.05, 0.1) is 12.2 Å². The molecule has 0 amide bonds. The average molecular weight is 299 g/mol. The van der Waals surface area contributed by atoms with Crippen molar-refractivity contribution in [3.8, 4) is 0 Å². The Morgan fingerprint density at radius 1 is 1.53 bits per heavy atom. The Balaban J connectivity index is 2.42. The van der Waals surface area contributed by atoms with E-state index in [4.69, 9.17) is 0 Å². The standard InChI is InChI=1S/C11H12BrFN4/c1-2-14-11(10-6-15-17-16-10)8-5-7(12)3-4-9(8)13/h3-6,11,14H,2H2,1H3,(H,15,16,17). The third kappa shape index (κ3) is 2.70. The second kappa shape index (κ2) is 5.37. The van der Waals surface area contributed by atoms with Gasteiger partial charge in [0.1, 0.15) is 11.5 Å². The van der Waals surface area contributed by atoms with Gasteiger partial charge in [0.25, 0.3) is 0 Å². The Bertz CT molecular complexity index is 486. The van der Waals surface area contributed by atoms with E-state index in [1.807, 2.05) is 6.92 Å². The summed E-state index contributed by atoms with van der Waals surface area (Å²) in [5.41, 5.74) is 1.22. The third-order valence-corrected chi connectivity index (χ3v) is 2.90. The summed E-state index contributed by atoms with van der Waals surface area (Å²) in [6.45, 7) is 2.67. The predicted octanol–water partition coefficient (Wildman–Crippen LogP) is 2.41.